The van der Waals surface area contributed by atoms with Crippen LogP contribution in [0.5, 0.6) is 0 Å². The summed E-state index contributed by atoms with van der Waals surface area (Å²) in [6.07, 6.45) is 1.55. The molecule has 0 saturated heterocycles. The number of nitrogens with zero attached hydrogens (tertiary/aromatic N) is 1. The van der Waals surface area contributed by atoms with Crippen molar-refractivity contribution in [2.75, 3.05) is 10.6 Å². The van der Waals surface area contributed by atoms with Crippen molar-refractivity contribution in [2.24, 2.45) is 0 Å². The fourth-order valence-electron chi connectivity index (χ4n) is 1.76. The molecule has 0 saturated carbocycles. The molecule has 0 bridgehead atoms. The predicted molar refractivity (Wildman–Crippen MR) is 89.8 cm³/mol. The number of thiazole rings is 1. The average molecular weight is 303 g/mol. The van der Waals surface area contributed by atoms with Crippen LogP contribution in [0.15, 0.2) is 29.6 Å². The van der Waals surface area contributed by atoms with Gasteiger partial charge in [0.1, 0.15) is 0 Å². The molecule has 21 heavy (non-hydrogen) atoms. The van der Waals surface area contributed by atoms with Gasteiger partial charge in [0.15, 0.2) is 5.13 Å². The molecule has 2 N–H and O–H groups in total. The summed E-state index contributed by atoms with van der Waals surface area (Å²) in [5.41, 5.74) is 2.83. The SMILES string of the molecule is CCC(=O)Nc1ccc(-c2csc(NC(C)CC)n2)cc1. The summed E-state index contributed by atoms with van der Waals surface area (Å²) in [7, 11) is 0. The zero-order chi connectivity index (χ0) is 15.2. The fourth-order valence-corrected chi connectivity index (χ4v) is 2.59. The van der Waals surface area contributed by atoms with Gasteiger partial charge in [-0.15, -0.1) is 11.3 Å². The lowest BCUT2D eigenvalue weighted by Gasteiger charge is -2.08. The molecule has 0 fully saturated rings. The molecule has 5 heteroatoms. The van der Waals surface area contributed by atoms with E-state index in [9.17, 15) is 4.79 Å². The number of aromatic nitrogens is 1. The Morgan fingerprint density at radius 3 is 2.62 bits per heavy atom. The maximum Gasteiger partial charge on any atom is 0.224 e. The zero-order valence-electron chi connectivity index (χ0n) is 12.6. The van der Waals surface area contributed by atoms with E-state index in [1.165, 1.54) is 0 Å². The van der Waals surface area contributed by atoms with Crippen molar-refractivity contribution >= 4 is 28.1 Å². The topological polar surface area (TPSA) is 54.0 Å². The van der Waals surface area contributed by atoms with Gasteiger partial charge in [0.2, 0.25) is 5.91 Å². The Bertz CT molecular complexity index is 592. The number of carbonyl (C=O) groups excluding carboxylic acids is 1. The van der Waals surface area contributed by atoms with E-state index in [-0.39, 0.29) is 5.91 Å². The number of nitrogens with one attached hydrogen (secondary N) is 2. The van der Waals surface area contributed by atoms with Gasteiger partial charge in [-0.1, -0.05) is 26.0 Å². The van der Waals surface area contributed by atoms with Gasteiger partial charge >= 0.3 is 0 Å². The molecule has 112 valence electrons. The van der Waals surface area contributed by atoms with Gasteiger partial charge in [-0.25, -0.2) is 4.98 Å². The van der Waals surface area contributed by atoms with E-state index in [0.29, 0.717) is 12.5 Å². The Morgan fingerprint density at radius 1 is 1.29 bits per heavy atom. The van der Waals surface area contributed by atoms with Crippen molar-refractivity contribution in [1.29, 1.82) is 0 Å². The average Bonchev–Trinajstić information content (AvgIpc) is 2.96. The second-order valence-electron chi connectivity index (χ2n) is 4.97. The molecule has 1 atom stereocenters. The van der Waals surface area contributed by atoms with E-state index >= 15 is 0 Å². The first-order valence-corrected chi connectivity index (χ1v) is 8.12. The second kappa shape index (κ2) is 7.22. The fraction of sp³-hybridized carbons (Fsp3) is 0.375. The summed E-state index contributed by atoms with van der Waals surface area (Å²) in [5.74, 6) is 0.0245. The third-order valence-corrected chi connectivity index (χ3v) is 4.05. The number of hydrogen-bond donors (Lipinski definition) is 2. The van der Waals surface area contributed by atoms with Crippen LogP contribution >= 0.6 is 11.3 Å². The van der Waals surface area contributed by atoms with E-state index in [2.05, 4.69) is 29.5 Å². The van der Waals surface area contributed by atoms with Crippen molar-refractivity contribution in [3.63, 3.8) is 0 Å². The van der Waals surface area contributed by atoms with Crippen LogP contribution in [0.1, 0.15) is 33.6 Å². The van der Waals surface area contributed by atoms with Gasteiger partial charge in [0.25, 0.3) is 0 Å². The van der Waals surface area contributed by atoms with Crippen LogP contribution in [0.4, 0.5) is 10.8 Å². The number of benzene rings is 1. The summed E-state index contributed by atoms with van der Waals surface area (Å²) >= 11 is 1.61. The molecule has 1 unspecified atom stereocenters. The Kier molecular flexibility index (Phi) is 5.33. The van der Waals surface area contributed by atoms with Crippen LogP contribution in [-0.4, -0.2) is 16.9 Å². The molecule has 1 heterocycles. The first-order valence-electron chi connectivity index (χ1n) is 7.24. The zero-order valence-corrected chi connectivity index (χ0v) is 13.5. The second-order valence-corrected chi connectivity index (χ2v) is 5.83. The van der Waals surface area contributed by atoms with Gasteiger partial charge in [-0.3, -0.25) is 4.79 Å². The maximum absolute atomic E-state index is 11.3. The van der Waals surface area contributed by atoms with E-state index in [4.69, 9.17) is 0 Å². The minimum atomic E-state index is 0.0245. The lowest BCUT2D eigenvalue weighted by Crippen LogP contribution is -2.12. The third-order valence-electron chi connectivity index (χ3n) is 3.27. The highest BCUT2D eigenvalue weighted by Gasteiger charge is 2.07. The molecule has 2 rings (SSSR count). The maximum atomic E-state index is 11.3. The summed E-state index contributed by atoms with van der Waals surface area (Å²) in [5, 5.41) is 9.21. The van der Waals surface area contributed by atoms with Crippen molar-refractivity contribution in [1.82, 2.24) is 4.98 Å². The van der Waals surface area contributed by atoms with Crippen molar-refractivity contribution in [2.45, 2.75) is 39.7 Å². The Hall–Kier alpha value is -1.88. The standard InChI is InChI=1S/C16H21N3OS/c1-4-11(3)17-16-19-14(10-21-16)12-6-8-13(9-7-12)18-15(20)5-2/h6-11H,4-5H2,1-3H3,(H,17,19)(H,18,20). The van der Waals surface area contributed by atoms with Gasteiger partial charge in [-0.05, 0) is 25.5 Å². The van der Waals surface area contributed by atoms with Crippen molar-refractivity contribution < 1.29 is 4.79 Å². The smallest absolute Gasteiger partial charge is 0.224 e. The number of anilines is 2. The van der Waals surface area contributed by atoms with Gasteiger partial charge in [0.05, 0.1) is 5.69 Å². The largest absolute Gasteiger partial charge is 0.359 e. The van der Waals surface area contributed by atoms with Crippen LogP contribution in [0.25, 0.3) is 11.3 Å². The number of hydrogen-bond acceptors (Lipinski definition) is 4. The van der Waals surface area contributed by atoms with Crippen LogP contribution in [0, 0.1) is 0 Å². The number of carbonyl (C=O) groups is 1. The number of rotatable bonds is 6. The molecule has 0 aliphatic heterocycles. The minimum absolute atomic E-state index is 0.0245. The minimum Gasteiger partial charge on any atom is -0.359 e. The first kappa shape index (κ1) is 15.5. The molecular weight excluding hydrogens is 282 g/mol. The molecule has 2 aromatic rings. The molecule has 1 aromatic carbocycles. The highest BCUT2D eigenvalue weighted by Crippen LogP contribution is 2.26. The highest BCUT2D eigenvalue weighted by atomic mass is 32.1. The van der Waals surface area contributed by atoms with Crippen LogP contribution in [0.3, 0.4) is 0 Å². The predicted octanol–water partition coefficient (Wildman–Crippen LogP) is 4.37. The van der Waals surface area contributed by atoms with Crippen LogP contribution in [0.2, 0.25) is 0 Å². The molecule has 0 aliphatic carbocycles. The van der Waals surface area contributed by atoms with Gasteiger partial charge in [-0.2, -0.15) is 0 Å². The Morgan fingerprint density at radius 2 is 2.00 bits per heavy atom. The monoisotopic (exact) mass is 303 g/mol. The summed E-state index contributed by atoms with van der Waals surface area (Å²) in [6, 6.07) is 8.20. The van der Waals surface area contributed by atoms with Crippen LogP contribution < -0.4 is 10.6 Å². The molecule has 1 aromatic heterocycles. The molecule has 0 spiro atoms. The summed E-state index contributed by atoms with van der Waals surface area (Å²) < 4.78 is 0. The van der Waals surface area contributed by atoms with Gasteiger partial charge in [0, 0.05) is 29.1 Å². The van der Waals surface area contributed by atoms with Crippen LogP contribution in [-0.2, 0) is 4.79 Å². The van der Waals surface area contributed by atoms with E-state index in [0.717, 1.165) is 28.5 Å². The quantitative estimate of drug-likeness (QED) is 0.833. The Balaban J connectivity index is 2.06. The first-order chi connectivity index (χ1) is 10.1. The molecule has 0 aliphatic rings. The molecule has 1 amide bonds. The summed E-state index contributed by atoms with van der Waals surface area (Å²) in [6.45, 7) is 6.13. The third kappa shape index (κ3) is 4.29. The highest BCUT2D eigenvalue weighted by molar-refractivity contribution is 7.14. The van der Waals surface area contributed by atoms with Crippen molar-refractivity contribution in [3.8, 4) is 11.3 Å². The molecule has 0 radical (unpaired) electrons. The van der Waals surface area contributed by atoms with Crippen molar-refractivity contribution in [3.05, 3.63) is 29.6 Å². The lowest BCUT2D eigenvalue weighted by atomic mass is 10.1. The molecule has 4 nitrogen and oxygen atoms in total. The summed E-state index contributed by atoms with van der Waals surface area (Å²) in [4.78, 5) is 15.9. The normalized spacial score (nSPS) is 12.0. The number of amides is 1. The van der Waals surface area contributed by atoms with E-state index in [1.807, 2.05) is 36.6 Å². The van der Waals surface area contributed by atoms with E-state index < -0.39 is 0 Å². The van der Waals surface area contributed by atoms with E-state index in [1.54, 1.807) is 11.3 Å². The Labute approximate surface area is 129 Å². The van der Waals surface area contributed by atoms with Gasteiger partial charge < -0.3 is 10.6 Å². The molecular formula is C16H21N3OS. The lowest BCUT2D eigenvalue weighted by molar-refractivity contribution is -0.115.